The molecule has 0 fully saturated rings. The first-order valence-corrected chi connectivity index (χ1v) is 26.5. The number of unbranched alkanes of at least 4 members (excludes halogenated alkanes) is 33. The van der Waals surface area contributed by atoms with Gasteiger partial charge in [0.05, 0.1) is 18.8 Å². The number of nitrogens with one attached hydrogen (secondary N) is 1. The zero-order valence-electron chi connectivity index (χ0n) is 40.2. The molecule has 0 heterocycles. The van der Waals surface area contributed by atoms with Crippen LogP contribution >= 0.6 is 0 Å². The van der Waals surface area contributed by atoms with Crippen LogP contribution in [-0.4, -0.2) is 34.9 Å². The summed E-state index contributed by atoms with van der Waals surface area (Å²) in [7, 11) is 0. The van der Waals surface area contributed by atoms with Crippen molar-refractivity contribution in [1.82, 2.24) is 5.32 Å². The van der Waals surface area contributed by atoms with E-state index < -0.39 is 12.1 Å². The predicted octanol–water partition coefficient (Wildman–Crippen LogP) is 17.2. The van der Waals surface area contributed by atoms with Gasteiger partial charge in [-0.15, -0.1) is 0 Å². The van der Waals surface area contributed by atoms with Crippen molar-refractivity contribution in [1.29, 1.82) is 0 Å². The van der Waals surface area contributed by atoms with Gasteiger partial charge in [0.1, 0.15) is 0 Å². The summed E-state index contributed by atoms with van der Waals surface area (Å²) >= 11 is 0. The van der Waals surface area contributed by atoms with Gasteiger partial charge in [-0.1, -0.05) is 248 Å². The highest BCUT2D eigenvalue weighted by Gasteiger charge is 2.17. The zero-order valence-corrected chi connectivity index (χ0v) is 40.2. The molecule has 0 bridgehead atoms. The van der Waals surface area contributed by atoms with Gasteiger partial charge in [-0.3, -0.25) is 4.79 Å². The summed E-state index contributed by atoms with van der Waals surface area (Å²) in [6.07, 6.45) is 72.3. The number of rotatable bonds is 48. The Morgan fingerprint density at radius 3 is 1.10 bits per heavy atom. The van der Waals surface area contributed by atoms with E-state index in [0.717, 1.165) is 51.4 Å². The van der Waals surface area contributed by atoms with Crippen LogP contribution in [0.3, 0.4) is 0 Å². The monoisotopic (exact) mass is 838 g/mol. The Hall–Kier alpha value is -1.91. The Labute approximate surface area is 375 Å². The fourth-order valence-corrected chi connectivity index (χ4v) is 7.89. The largest absolute Gasteiger partial charge is 0.394 e. The molecule has 60 heavy (non-hydrogen) atoms. The third kappa shape index (κ3) is 47.1. The van der Waals surface area contributed by atoms with E-state index in [1.54, 1.807) is 6.08 Å². The number of hydrogen-bond acceptors (Lipinski definition) is 3. The summed E-state index contributed by atoms with van der Waals surface area (Å²) in [4.78, 5) is 12.4. The van der Waals surface area contributed by atoms with Gasteiger partial charge in [0.2, 0.25) is 5.91 Å². The fraction of sp³-hybridized carbons (Fsp3) is 0.804. The molecule has 0 saturated heterocycles. The van der Waals surface area contributed by atoms with Crippen molar-refractivity contribution < 1.29 is 15.0 Å². The van der Waals surface area contributed by atoms with Gasteiger partial charge >= 0.3 is 0 Å². The van der Waals surface area contributed by atoms with Crippen LogP contribution < -0.4 is 5.32 Å². The van der Waals surface area contributed by atoms with Gasteiger partial charge in [0, 0.05) is 6.42 Å². The summed E-state index contributed by atoms with van der Waals surface area (Å²) in [5.41, 5.74) is 0. The molecule has 0 aromatic heterocycles. The van der Waals surface area contributed by atoms with E-state index in [0.29, 0.717) is 6.42 Å². The highest BCUT2D eigenvalue weighted by atomic mass is 16.3. The number of allylic oxidation sites excluding steroid dienone is 9. The lowest BCUT2D eigenvalue weighted by Crippen LogP contribution is -2.45. The normalized spacial score (nSPS) is 13.3. The van der Waals surface area contributed by atoms with Gasteiger partial charge in [-0.2, -0.15) is 0 Å². The Morgan fingerprint density at radius 1 is 0.400 bits per heavy atom. The summed E-state index contributed by atoms with van der Waals surface area (Å²) in [6.45, 7) is 4.28. The molecular weight excluding hydrogens is 735 g/mol. The minimum absolute atomic E-state index is 0.0861. The summed E-state index contributed by atoms with van der Waals surface area (Å²) < 4.78 is 0. The third-order valence-electron chi connectivity index (χ3n) is 12.0. The van der Waals surface area contributed by atoms with E-state index in [-0.39, 0.29) is 12.5 Å². The van der Waals surface area contributed by atoms with Gasteiger partial charge < -0.3 is 15.5 Å². The van der Waals surface area contributed by atoms with E-state index >= 15 is 0 Å². The Balaban J connectivity index is 3.57. The molecule has 4 heteroatoms. The Morgan fingerprint density at radius 2 is 0.700 bits per heavy atom. The number of carbonyl (C=O) groups excluding carboxylic acids is 1. The van der Waals surface area contributed by atoms with Crippen LogP contribution in [0, 0.1) is 0 Å². The number of hydrogen-bond donors (Lipinski definition) is 3. The molecule has 1 amide bonds. The van der Waals surface area contributed by atoms with Crippen molar-refractivity contribution >= 4 is 5.91 Å². The average molecular weight is 838 g/mol. The number of aliphatic hydroxyl groups is 2. The zero-order chi connectivity index (χ0) is 43.5. The molecule has 2 unspecified atom stereocenters. The van der Waals surface area contributed by atoms with Gasteiger partial charge in [0.15, 0.2) is 0 Å². The summed E-state index contributed by atoms with van der Waals surface area (Å²) in [6, 6.07) is -0.652. The van der Waals surface area contributed by atoms with Gasteiger partial charge in [0.25, 0.3) is 0 Å². The quantitative estimate of drug-likeness (QED) is 0.0422. The molecule has 0 aliphatic heterocycles. The minimum atomic E-state index is -0.876. The first-order chi connectivity index (χ1) is 29.7. The van der Waals surface area contributed by atoms with E-state index in [2.05, 4.69) is 67.8 Å². The summed E-state index contributed by atoms with van der Waals surface area (Å²) in [5, 5.41) is 23.1. The lowest BCUT2D eigenvalue weighted by atomic mass is 10.0. The molecule has 0 saturated carbocycles. The molecule has 0 aromatic carbocycles. The molecule has 350 valence electrons. The van der Waals surface area contributed by atoms with Crippen molar-refractivity contribution in [2.75, 3.05) is 6.61 Å². The second kappa shape index (κ2) is 51.4. The number of carbonyl (C=O) groups is 1. The molecule has 2 atom stereocenters. The van der Waals surface area contributed by atoms with Crippen molar-refractivity contribution in [2.45, 2.75) is 283 Å². The highest BCUT2D eigenvalue weighted by molar-refractivity contribution is 5.76. The SMILES string of the molecule is CCCCC/C=C\C/C=C\CCCCCCCCCC(=O)NC(CO)C(O)/C=C/CC/C=C/CC/C=C/CCCCCCCCCCCCCCCCCCCCCCC. The van der Waals surface area contributed by atoms with Crippen LogP contribution in [0.1, 0.15) is 271 Å². The first-order valence-electron chi connectivity index (χ1n) is 26.5. The smallest absolute Gasteiger partial charge is 0.220 e. The van der Waals surface area contributed by atoms with E-state index in [9.17, 15) is 15.0 Å². The molecule has 3 N–H and O–H groups in total. The van der Waals surface area contributed by atoms with Crippen molar-refractivity contribution in [3.05, 3.63) is 60.8 Å². The topological polar surface area (TPSA) is 69.6 Å². The van der Waals surface area contributed by atoms with Crippen molar-refractivity contribution in [3.8, 4) is 0 Å². The van der Waals surface area contributed by atoms with Crippen LogP contribution in [0.5, 0.6) is 0 Å². The average Bonchev–Trinajstić information content (AvgIpc) is 3.25. The Kier molecular flexibility index (Phi) is 49.8. The fourth-order valence-electron chi connectivity index (χ4n) is 7.89. The van der Waals surface area contributed by atoms with Gasteiger partial charge in [-0.25, -0.2) is 0 Å². The number of aliphatic hydroxyl groups excluding tert-OH is 2. The first kappa shape index (κ1) is 58.1. The van der Waals surface area contributed by atoms with Crippen LogP contribution in [0.4, 0.5) is 0 Å². The van der Waals surface area contributed by atoms with Crippen LogP contribution in [0.25, 0.3) is 0 Å². The maximum atomic E-state index is 12.4. The molecule has 0 spiro atoms. The standard InChI is InChI=1S/C56H103NO3/c1-3-5-7-9-11-13-15-17-19-21-22-23-24-25-26-27-28-29-30-31-32-33-34-36-37-39-41-43-45-47-49-51-55(59)54(53-58)57-56(60)52-50-48-46-44-42-40-38-35-20-18-16-14-12-10-8-6-4-2/h12,14,18,20,34,36,41,43,49,51,54-55,58-59H,3-11,13,15-17,19,21-33,35,37-40,42,44-48,50,52-53H2,1-2H3,(H,57,60)/b14-12-,20-18-,36-34+,43-41+,51-49+. The maximum absolute atomic E-state index is 12.4. The molecule has 0 aliphatic rings. The van der Waals surface area contributed by atoms with Crippen molar-refractivity contribution in [3.63, 3.8) is 0 Å². The number of amides is 1. The molecule has 4 nitrogen and oxygen atoms in total. The second-order valence-electron chi connectivity index (χ2n) is 17.9. The lowest BCUT2D eigenvalue weighted by molar-refractivity contribution is -0.123. The lowest BCUT2D eigenvalue weighted by Gasteiger charge is -2.19. The predicted molar refractivity (Wildman–Crippen MR) is 267 cm³/mol. The summed E-state index contributed by atoms with van der Waals surface area (Å²) in [5.74, 6) is -0.0861. The van der Waals surface area contributed by atoms with Crippen LogP contribution in [0.15, 0.2) is 60.8 Å². The third-order valence-corrected chi connectivity index (χ3v) is 12.0. The van der Waals surface area contributed by atoms with E-state index in [1.165, 1.54) is 199 Å². The molecule has 0 aromatic rings. The van der Waals surface area contributed by atoms with E-state index in [4.69, 9.17) is 0 Å². The Bertz CT molecular complexity index is 996. The second-order valence-corrected chi connectivity index (χ2v) is 17.9. The molecule has 0 rings (SSSR count). The molecule has 0 aliphatic carbocycles. The van der Waals surface area contributed by atoms with E-state index in [1.807, 2.05) is 6.08 Å². The molecular formula is C56H103NO3. The minimum Gasteiger partial charge on any atom is -0.394 e. The highest BCUT2D eigenvalue weighted by Crippen LogP contribution is 2.16. The van der Waals surface area contributed by atoms with Crippen molar-refractivity contribution in [2.24, 2.45) is 0 Å². The van der Waals surface area contributed by atoms with Crippen LogP contribution in [-0.2, 0) is 4.79 Å². The van der Waals surface area contributed by atoms with Crippen LogP contribution in [0.2, 0.25) is 0 Å². The molecule has 0 radical (unpaired) electrons. The van der Waals surface area contributed by atoms with Gasteiger partial charge in [-0.05, 0) is 77.0 Å². The maximum Gasteiger partial charge on any atom is 0.220 e.